The molecule has 18 heavy (non-hydrogen) atoms. The third kappa shape index (κ3) is 1.57. The highest BCUT2D eigenvalue weighted by Gasteiger charge is 2.51. The topological polar surface area (TPSA) is 9.23 Å². The summed E-state index contributed by atoms with van der Waals surface area (Å²) in [5.41, 5.74) is -0.784. The van der Waals surface area contributed by atoms with Crippen LogP contribution >= 0.6 is 0 Å². The van der Waals surface area contributed by atoms with Gasteiger partial charge in [0.25, 0.3) is 0 Å². The molecule has 0 amide bonds. The molecule has 0 aromatic heterocycles. The molecule has 1 aromatic rings. The fourth-order valence-corrected chi connectivity index (χ4v) is 2.39. The van der Waals surface area contributed by atoms with Gasteiger partial charge in [-0.15, -0.1) is 0 Å². The van der Waals surface area contributed by atoms with Crippen LogP contribution in [0.1, 0.15) is 29.5 Å². The summed E-state index contributed by atoms with van der Waals surface area (Å²) in [6.07, 6.45) is -3.28. The summed E-state index contributed by atoms with van der Waals surface area (Å²) in [5, 5.41) is 0. The molecule has 0 radical (unpaired) electrons. The molecular weight excluding hydrogens is 248 g/mol. The van der Waals surface area contributed by atoms with Crippen molar-refractivity contribution in [3.05, 3.63) is 41.2 Å². The Morgan fingerprint density at radius 2 is 1.89 bits per heavy atom. The lowest BCUT2D eigenvalue weighted by Gasteiger charge is -2.28. The molecular formula is C13H10F4O. The monoisotopic (exact) mass is 258 g/mol. The molecule has 1 saturated carbocycles. The zero-order valence-corrected chi connectivity index (χ0v) is 9.40. The van der Waals surface area contributed by atoms with Crippen molar-refractivity contribution in [2.24, 2.45) is 0 Å². The number of benzene rings is 1. The van der Waals surface area contributed by atoms with Gasteiger partial charge < -0.3 is 4.74 Å². The molecule has 0 saturated heterocycles. The second-order valence-electron chi connectivity index (χ2n) is 4.76. The van der Waals surface area contributed by atoms with E-state index in [2.05, 4.69) is 6.58 Å². The summed E-state index contributed by atoms with van der Waals surface area (Å²) < 4.78 is 57.4. The highest BCUT2D eigenvalue weighted by Crippen LogP contribution is 2.55. The van der Waals surface area contributed by atoms with E-state index in [1.54, 1.807) is 0 Å². The highest BCUT2D eigenvalue weighted by atomic mass is 19.4. The van der Waals surface area contributed by atoms with Crippen LogP contribution in [-0.4, -0.2) is 6.61 Å². The van der Waals surface area contributed by atoms with Gasteiger partial charge in [0.1, 0.15) is 5.82 Å². The molecule has 96 valence electrons. The van der Waals surface area contributed by atoms with Gasteiger partial charge in [-0.3, -0.25) is 0 Å². The molecule has 1 nitrogen and oxygen atoms in total. The van der Waals surface area contributed by atoms with Crippen molar-refractivity contribution in [2.75, 3.05) is 6.61 Å². The van der Waals surface area contributed by atoms with E-state index in [0.29, 0.717) is 30.0 Å². The van der Waals surface area contributed by atoms with Gasteiger partial charge in [-0.2, -0.15) is 13.2 Å². The van der Waals surface area contributed by atoms with Crippen LogP contribution in [0.2, 0.25) is 0 Å². The first kappa shape index (κ1) is 11.7. The first-order chi connectivity index (χ1) is 8.33. The predicted octanol–water partition coefficient (Wildman–Crippen LogP) is 3.88. The van der Waals surface area contributed by atoms with Crippen LogP contribution in [0.3, 0.4) is 0 Å². The maximum atomic E-state index is 13.9. The summed E-state index contributed by atoms with van der Waals surface area (Å²) in [7, 11) is 0. The lowest BCUT2D eigenvalue weighted by molar-refractivity contribution is -0.138. The Morgan fingerprint density at radius 3 is 2.44 bits per heavy atom. The van der Waals surface area contributed by atoms with Gasteiger partial charge in [0, 0.05) is 5.56 Å². The van der Waals surface area contributed by atoms with Crippen LogP contribution in [0.4, 0.5) is 17.6 Å². The van der Waals surface area contributed by atoms with E-state index < -0.39 is 23.2 Å². The Labute approximate surface area is 101 Å². The number of fused-ring (bicyclic) bond motifs is 2. The summed E-state index contributed by atoms with van der Waals surface area (Å²) in [5.74, 6) is -0.862. The highest BCUT2D eigenvalue weighted by molar-refractivity contribution is 5.71. The Bertz CT molecular complexity index is 541. The molecule has 1 fully saturated rings. The summed E-state index contributed by atoms with van der Waals surface area (Å²) in [4.78, 5) is 0. The van der Waals surface area contributed by atoms with Crippen molar-refractivity contribution in [3.63, 3.8) is 0 Å². The van der Waals surface area contributed by atoms with Gasteiger partial charge in [0.05, 0.1) is 17.8 Å². The minimum Gasteiger partial charge on any atom is -0.366 e. The van der Waals surface area contributed by atoms with Gasteiger partial charge in [-0.25, -0.2) is 4.39 Å². The zero-order valence-electron chi connectivity index (χ0n) is 9.40. The molecule has 0 bridgehead atoms. The van der Waals surface area contributed by atoms with E-state index in [0.717, 1.165) is 6.07 Å². The molecule has 1 spiro atoms. The fourth-order valence-electron chi connectivity index (χ4n) is 2.39. The number of ether oxygens (including phenoxy) is 1. The zero-order chi connectivity index (χ0) is 13.1. The first-order valence-electron chi connectivity index (χ1n) is 5.57. The minimum absolute atomic E-state index is 0.176. The Balaban J connectivity index is 2.23. The minimum atomic E-state index is -4.55. The molecule has 0 unspecified atom stereocenters. The molecule has 1 heterocycles. The molecule has 2 aliphatic rings. The largest absolute Gasteiger partial charge is 0.416 e. The second kappa shape index (κ2) is 3.35. The van der Waals surface area contributed by atoms with Gasteiger partial charge in [0.2, 0.25) is 0 Å². The van der Waals surface area contributed by atoms with E-state index in [-0.39, 0.29) is 12.2 Å². The third-order valence-corrected chi connectivity index (χ3v) is 3.49. The number of alkyl halides is 3. The summed E-state index contributed by atoms with van der Waals surface area (Å²) >= 11 is 0. The lowest BCUT2D eigenvalue weighted by Crippen LogP contribution is -2.24. The van der Waals surface area contributed by atoms with E-state index in [1.165, 1.54) is 0 Å². The first-order valence-corrected chi connectivity index (χ1v) is 5.57. The number of hydrogen-bond acceptors (Lipinski definition) is 1. The predicted molar refractivity (Wildman–Crippen MR) is 57.3 cm³/mol. The normalized spacial score (nSPS) is 21.0. The molecule has 3 rings (SSSR count). The smallest absolute Gasteiger partial charge is 0.366 e. The average Bonchev–Trinajstić information content (AvgIpc) is 3.03. The second-order valence-corrected chi connectivity index (χ2v) is 4.76. The van der Waals surface area contributed by atoms with Crippen LogP contribution in [0, 0.1) is 5.82 Å². The van der Waals surface area contributed by atoms with Crippen molar-refractivity contribution < 1.29 is 22.3 Å². The van der Waals surface area contributed by atoms with Gasteiger partial charge in [-0.05, 0) is 36.1 Å². The van der Waals surface area contributed by atoms with Crippen LogP contribution in [-0.2, 0) is 16.5 Å². The Kier molecular flexibility index (Phi) is 2.18. The molecule has 0 atom stereocenters. The molecule has 1 aliphatic heterocycles. The van der Waals surface area contributed by atoms with Crippen LogP contribution in [0.25, 0.3) is 5.57 Å². The van der Waals surface area contributed by atoms with Gasteiger partial charge in [0.15, 0.2) is 0 Å². The van der Waals surface area contributed by atoms with Crippen molar-refractivity contribution >= 4 is 5.57 Å². The maximum Gasteiger partial charge on any atom is 0.416 e. The molecule has 1 aliphatic carbocycles. The van der Waals surface area contributed by atoms with E-state index in [9.17, 15) is 17.6 Å². The van der Waals surface area contributed by atoms with E-state index in [1.807, 2.05) is 0 Å². The van der Waals surface area contributed by atoms with Crippen molar-refractivity contribution in [1.82, 2.24) is 0 Å². The van der Waals surface area contributed by atoms with Crippen molar-refractivity contribution in [2.45, 2.75) is 24.6 Å². The summed E-state index contributed by atoms with van der Waals surface area (Å²) in [6, 6.07) is 1.53. The van der Waals surface area contributed by atoms with Gasteiger partial charge >= 0.3 is 6.18 Å². The number of hydrogen-bond donors (Lipinski definition) is 0. The van der Waals surface area contributed by atoms with Crippen LogP contribution < -0.4 is 0 Å². The average molecular weight is 258 g/mol. The van der Waals surface area contributed by atoms with E-state index in [4.69, 9.17) is 4.74 Å². The van der Waals surface area contributed by atoms with Crippen LogP contribution in [0.15, 0.2) is 18.7 Å². The van der Waals surface area contributed by atoms with Crippen LogP contribution in [0.5, 0.6) is 0 Å². The maximum absolute atomic E-state index is 13.9. The SMILES string of the molecule is C=C1COC2(CC2)c2cc(C(F)(F)F)cc(F)c21. The third-order valence-electron chi connectivity index (χ3n) is 3.49. The number of rotatable bonds is 0. The summed E-state index contributed by atoms with van der Waals surface area (Å²) in [6.45, 7) is 3.83. The molecule has 1 aromatic carbocycles. The lowest BCUT2D eigenvalue weighted by atomic mass is 9.90. The van der Waals surface area contributed by atoms with Crippen molar-refractivity contribution in [1.29, 1.82) is 0 Å². The van der Waals surface area contributed by atoms with Gasteiger partial charge in [-0.1, -0.05) is 6.58 Å². The van der Waals surface area contributed by atoms with Crippen molar-refractivity contribution in [3.8, 4) is 0 Å². The molecule has 0 N–H and O–H groups in total. The fraction of sp³-hybridized carbons (Fsp3) is 0.385. The van der Waals surface area contributed by atoms with E-state index >= 15 is 0 Å². The standard InChI is InChI=1S/C13H10F4O/c1-7-6-18-12(2-3-12)9-4-8(13(15,16)17)5-10(14)11(7)9/h4-5H,1-3,6H2. The Hall–Kier alpha value is -1.36. The molecule has 5 heteroatoms. The Morgan fingerprint density at radius 1 is 1.22 bits per heavy atom. The number of halogens is 4. The quantitative estimate of drug-likeness (QED) is 0.642.